The lowest BCUT2D eigenvalue weighted by molar-refractivity contribution is 0.176. The number of hydrogen-bond acceptors (Lipinski definition) is 3. The molecule has 3 heteroatoms. The predicted molar refractivity (Wildman–Crippen MR) is 49.7 cm³/mol. The lowest BCUT2D eigenvalue weighted by atomic mass is 9.95. The molecule has 1 aromatic rings. The van der Waals surface area contributed by atoms with Crippen LogP contribution in [-0.4, -0.2) is 29.4 Å². The third-order valence-electron chi connectivity index (χ3n) is 2.52. The number of aliphatic hydroxyl groups excluding tert-OH is 1. The van der Waals surface area contributed by atoms with E-state index < -0.39 is 0 Å². The van der Waals surface area contributed by atoms with Crippen molar-refractivity contribution in [1.29, 1.82) is 0 Å². The fourth-order valence-electron chi connectivity index (χ4n) is 1.78. The summed E-state index contributed by atoms with van der Waals surface area (Å²) >= 11 is 0. The summed E-state index contributed by atoms with van der Waals surface area (Å²) in [6.07, 6.45) is -0.381. The molecule has 1 saturated heterocycles. The van der Waals surface area contributed by atoms with E-state index in [9.17, 15) is 10.2 Å². The van der Waals surface area contributed by atoms with Crippen molar-refractivity contribution in [3.63, 3.8) is 0 Å². The molecule has 3 nitrogen and oxygen atoms in total. The number of nitrogens with one attached hydrogen (secondary N) is 1. The van der Waals surface area contributed by atoms with E-state index >= 15 is 0 Å². The van der Waals surface area contributed by atoms with Crippen LogP contribution in [0.25, 0.3) is 0 Å². The normalized spacial score (nSPS) is 27.8. The van der Waals surface area contributed by atoms with E-state index in [0.29, 0.717) is 6.54 Å². The highest BCUT2D eigenvalue weighted by molar-refractivity contribution is 5.36. The van der Waals surface area contributed by atoms with Gasteiger partial charge < -0.3 is 15.5 Å². The number of β-amino-alcohol motifs (C(OH)–C–C–N with tert-alkyl or cyclic N) is 1. The summed E-state index contributed by atoms with van der Waals surface area (Å²) in [5.74, 6) is 0.302. The van der Waals surface area contributed by atoms with Gasteiger partial charge in [-0.25, -0.2) is 0 Å². The Hall–Kier alpha value is -1.06. The molecule has 0 amide bonds. The maximum absolute atomic E-state index is 9.59. The van der Waals surface area contributed by atoms with E-state index in [1.165, 1.54) is 0 Å². The third-order valence-corrected chi connectivity index (χ3v) is 2.52. The zero-order valence-corrected chi connectivity index (χ0v) is 7.27. The van der Waals surface area contributed by atoms with Gasteiger partial charge in [0.1, 0.15) is 5.75 Å². The van der Waals surface area contributed by atoms with Crippen molar-refractivity contribution in [1.82, 2.24) is 5.32 Å². The summed E-state index contributed by atoms with van der Waals surface area (Å²) in [4.78, 5) is 0. The SMILES string of the molecule is Oc1ccccc1C1CNCC1O. The molecule has 70 valence electrons. The third kappa shape index (κ3) is 1.53. The van der Waals surface area contributed by atoms with Crippen molar-refractivity contribution in [3.05, 3.63) is 29.8 Å². The zero-order chi connectivity index (χ0) is 9.26. The van der Waals surface area contributed by atoms with Gasteiger partial charge in [0.25, 0.3) is 0 Å². The molecule has 1 aliphatic heterocycles. The second-order valence-corrected chi connectivity index (χ2v) is 3.39. The molecule has 13 heavy (non-hydrogen) atoms. The van der Waals surface area contributed by atoms with Crippen LogP contribution in [0.3, 0.4) is 0 Å². The molecular formula is C10H13NO2. The van der Waals surface area contributed by atoms with Crippen LogP contribution in [-0.2, 0) is 0 Å². The molecule has 1 heterocycles. The summed E-state index contributed by atoms with van der Waals surface area (Å²) in [6.45, 7) is 1.34. The van der Waals surface area contributed by atoms with Crippen molar-refractivity contribution < 1.29 is 10.2 Å². The van der Waals surface area contributed by atoms with Gasteiger partial charge in [-0.05, 0) is 6.07 Å². The average molecular weight is 179 g/mol. The minimum atomic E-state index is -0.381. The number of hydrogen-bond donors (Lipinski definition) is 3. The first kappa shape index (κ1) is 8.53. The van der Waals surface area contributed by atoms with Gasteiger partial charge in [-0.15, -0.1) is 0 Å². The van der Waals surface area contributed by atoms with E-state index in [1.54, 1.807) is 12.1 Å². The zero-order valence-electron chi connectivity index (χ0n) is 7.27. The van der Waals surface area contributed by atoms with Gasteiger partial charge in [0.2, 0.25) is 0 Å². The number of aromatic hydroxyl groups is 1. The van der Waals surface area contributed by atoms with E-state index in [0.717, 1.165) is 12.1 Å². The molecule has 0 aliphatic carbocycles. The highest BCUT2D eigenvalue weighted by Crippen LogP contribution is 2.29. The van der Waals surface area contributed by atoms with Gasteiger partial charge >= 0.3 is 0 Å². The Balaban J connectivity index is 2.29. The average Bonchev–Trinajstić information content (AvgIpc) is 2.52. The van der Waals surface area contributed by atoms with Crippen LogP contribution in [0.15, 0.2) is 24.3 Å². The highest BCUT2D eigenvalue weighted by Gasteiger charge is 2.27. The number of phenols is 1. The summed E-state index contributed by atoms with van der Waals surface area (Å²) in [6, 6.07) is 7.17. The Morgan fingerprint density at radius 2 is 2.00 bits per heavy atom. The van der Waals surface area contributed by atoms with Crippen molar-refractivity contribution in [2.45, 2.75) is 12.0 Å². The molecule has 0 spiro atoms. The van der Waals surface area contributed by atoms with Crippen molar-refractivity contribution >= 4 is 0 Å². The number of para-hydroxylation sites is 1. The Morgan fingerprint density at radius 3 is 2.62 bits per heavy atom. The highest BCUT2D eigenvalue weighted by atomic mass is 16.3. The summed E-state index contributed by atoms with van der Waals surface area (Å²) < 4.78 is 0. The standard InChI is InChI=1S/C10H13NO2/c12-9-4-2-1-3-7(9)8-5-11-6-10(8)13/h1-4,8,10-13H,5-6H2. The molecule has 1 fully saturated rings. The second kappa shape index (κ2) is 3.36. The molecule has 0 radical (unpaired) electrons. The van der Waals surface area contributed by atoms with Gasteiger partial charge in [-0.1, -0.05) is 18.2 Å². The van der Waals surface area contributed by atoms with Crippen molar-refractivity contribution in [2.75, 3.05) is 13.1 Å². The van der Waals surface area contributed by atoms with Crippen molar-refractivity contribution in [2.24, 2.45) is 0 Å². The molecule has 2 atom stereocenters. The fraction of sp³-hybridized carbons (Fsp3) is 0.400. The lowest BCUT2D eigenvalue weighted by Crippen LogP contribution is -2.16. The number of benzene rings is 1. The van der Waals surface area contributed by atoms with Gasteiger partial charge in [-0.2, -0.15) is 0 Å². The second-order valence-electron chi connectivity index (χ2n) is 3.39. The molecule has 0 aromatic heterocycles. The van der Waals surface area contributed by atoms with Gasteiger partial charge in [0.05, 0.1) is 6.10 Å². The molecular weight excluding hydrogens is 166 g/mol. The van der Waals surface area contributed by atoms with Crippen molar-refractivity contribution in [3.8, 4) is 5.75 Å². The molecule has 0 saturated carbocycles. The minimum absolute atomic E-state index is 0.0289. The smallest absolute Gasteiger partial charge is 0.119 e. The fourth-order valence-corrected chi connectivity index (χ4v) is 1.78. The maximum atomic E-state index is 9.59. The van der Waals surface area contributed by atoms with E-state index in [2.05, 4.69) is 5.32 Å². The van der Waals surface area contributed by atoms with Crippen LogP contribution in [0.4, 0.5) is 0 Å². The molecule has 1 aromatic carbocycles. The molecule has 3 N–H and O–H groups in total. The van der Waals surface area contributed by atoms with Crippen LogP contribution in [0.5, 0.6) is 5.75 Å². The van der Waals surface area contributed by atoms with Crippen LogP contribution in [0, 0.1) is 0 Å². The Labute approximate surface area is 77.0 Å². The van der Waals surface area contributed by atoms with Gasteiger partial charge in [0.15, 0.2) is 0 Å². The first-order chi connectivity index (χ1) is 6.29. The first-order valence-electron chi connectivity index (χ1n) is 4.45. The predicted octanol–water partition coefficient (Wildman–Crippen LogP) is 0.440. The summed E-state index contributed by atoms with van der Waals surface area (Å²) in [5, 5.41) is 22.2. The summed E-state index contributed by atoms with van der Waals surface area (Å²) in [5.41, 5.74) is 0.833. The molecule has 1 aliphatic rings. The number of rotatable bonds is 1. The van der Waals surface area contributed by atoms with Gasteiger partial charge in [-0.3, -0.25) is 0 Å². The first-order valence-corrected chi connectivity index (χ1v) is 4.45. The number of phenolic OH excluding ortho intramolecular Hbond substituents is 1. The molecule has 2 rings (SSSR count). The van der Waals surface area contributed by atoms with Crippen LogP contribution in [0.1, 0.15) is 11.5 Å². The van der Waals surface area contributed by atoms with Gasteiger partial charge in [0, 0.05) is 24.6 Å². The molecule has 2 unspecified atom stereocenters. The largest absolute Gasteiger partial charge is 0.508 e. The Morgan fingerprint density at radius 1 is 1.23 bits per heavy atom. The quantitative estimate of drug-likeness (QED) is 0.586. The monoisotopic (exact) mass is 179 g/mol. The Kier molecular flexibility index (Phi) is 2.20. The Bertz CT molecular complexity index is 301. The van der Waals surface area contributed by atoms with Crippen LogP contribution in [0.2, 0.25) is 0 Å². The van der Waals surface area contributed by atoms with E-state index in [-0.39, 0.29) is 17.8 Å². The maximum Gasteiger partial charge on any atom is 0.119 e. The summed E-state index contributed by atoms with van der Waals surface area (Å²) in [7, 11) is 0. The minimum Gasteiger partial charge on any atom is -0.508 e. The van der Waals surface area contributed by atoms with Crippen LogP contribution >= 0.6 is 0 Å². The lowest BCUT2D eigenvalue weighted by Gasteiger charge is -2.14. The van der Waals surface area contributed by atoms with Crippen LogP contribution < -0.4 is 5.32 Å². The molecule has 0 bridgehead atoms. The number of aliphatic hydroxyl groups is 1. The van der Waals surface area contributed by atoms with E-state index in [4.69, 9.17) is 0 Å². The topological polar surface area (TPSA) is 52.5 Å². The van der Waals surface area contributed by atoms with E-state index in [1.807, 2.05) is 12.1 Å².